The van der Waals surface area contributed by atoms with E-state index in [0.717, 1.165) is 22.8 Å². The third kappa shape index (κ3) is 3.71. The zero-order valence-electron chi connectivity index (χ0n) is 16.6. The van der Waals surface area contributed by atoms with Crippen molar-refractivity contribution < 1.29 is 5.11 Å². The molecule has 3 heterocycles. The van der Waals surface area contributed by atoms with E-state index >= 15 is 0 Å². The molecule has 0 aliphatic carbocycles. The van der Waals surface area contributed by atoms with Gasteiger partial charge in [0.05, 0.1) is 24.4 Å². The second-order valence-electron chi connectivity index (χ2n) is 7.26. The van der Waals surface area contributed by atoms with Gasteiger partial charge in [-0.25, -0.2) is 0 Å². The van der Waals surface area contributed by atoms with Crippen molar-refractivity contribution in [2.75, 3.05) is 32.1 Å². The minimum Gasteiger partial charge on any atom is -0.395 e. The van der Waals surface area contributed by atoms with Crippen LogP contribution in [0.15, 0.2) is 67.0 Å². The number of β-amino-alcohol motifs (C(OH)–C–C–N with tert-alkyl or cyclic N) is 1. The number of hydrogen-bond acceptors (Lipinski definition) is 4. The minimum atomic E-state index is -0.0926. The van der Waals surface area contributed by atoms with Crippen LogP contribution in [0, 0.1) is 0 Å². The summed E-state index contributed by atoms with van der Waals surface area (Å²) in [6, 6.07) is 18.3. The SMILES string of the molecule is CN(C)c1ccc(-n2cccc2[C@@H]2[C@H](c3ccccn3)NC(=S)N2CCO)cc1. The molecular weight excluding hydrogens is 382 g/mol. The van der Waals surface area contributed by atoms with Gasteiger partial charge in [0.15, 0.2) is 5.11 Å². The van der Waals surface area contributed by atoms with Gasteiger partial charge in [0.2, 0.25) is 0 Å². The summed E-state index contributed by atoms with van der Waals surface area (Å²) >= 11 is 5.60. The molecule has 6 nitrogen and oxygen atoms in total. The second-order valence-corrected chi connectivity index (χ2v) is 7.64. The summed E-state index contributed by atoms with van der Waals surface area (Å²) in [6.07, 6.45) is 3.86. The maximum atomic E-state index is 9.63. The van der Waals surface area contributed by atoms with Gasteiger partial charge in [-0.05, 0) is 60.7 Å². The topological polar surface area (TPSA) is 56.6 Å². The van der Waals surface area contributed by atoms with Gasteiger partial charge in [0.1, 0.15) is 0 Å². The number of pyridine rings is 1. The van der Waals surface area contributed by atoms with Crippen molar-refractivity contribution in [1.29, 1.82) is 0 Å². The predicted molar refractivity (Wildman–Crippen MR) is 119 cm³/mol. The summed E-state index contributed by atoms with van der Waals surface area (Å²) in [4.78, 5) is 8.69. The van der Waals surface area contributed by atoms with Crippen LogP contribution in [-0.4, -0.2) is 51.9 Å². The normalized spacial score (nSPS) is 18.7. The Labute approximate surface area is 176 Å². The highest BCUT2D eigenvalue weighted by Gasteiger charge is 2.40. The first kappa shape index (κ1) is 19.4. The van der Waals surface area contributed by atoms with Crippen LogP contribution in [0.25, 0.3) is 5.69 Å². The summed E-state index contributed by atoms with van der Waals surface area (Å²) in [6.45, 7) is 0.496. The molecule has 0 saturated carbocycles. The molecule has 1 saturated heterocycles. The third-order valence-electron chi connectivity index (χ3n) is 5.27. The highest BCUT2D eigenvalue weighted by molar-refractivity contribution is 7.80. The quantitative estimate of drug-likeness (QED) is 0.613. The first-order valence-electron chi connectivity index (χ1n) is 9.64. The smallest absolute Gasteiger partial charge is 0.170 e. The molecule has 1 aliphatic rings. The fourth-order valence-electron chi connectivity index (χ4n) is 3.86. The van der Waals surface area contributed by atoms with E-state index in [2.05, 4.69) is 61.2 Å². The molecule has 4 rings (SSSR count). The summed E-state index contributed by atoms with van der Waals surface area (Å²) in [5.74, 6) is 0. The number of aromatic nitrogens is 2. The first-order chi connectivity index (χ1) is 14.1. The molecule has 2 aromatic heterocycles. The summed E-state index contributed by atoms with van der Waals surface area (Å²) < 4.78 is 2.18. The maximum Gasteiger partial charge on any atom is 0.170 e. The molecule has 1 aromatic carbocycles. The van der Waals surface area contributed by atoms with Gasteiger partial charge in [-0.1, -0.05) is 6.07 Å². The zero-order chi connectivity index (χ0) is 20.4. The number of benzene rings is 1. The van der Waals surface area contributed by atoms with E-state index in [1.165, 1.54) is 0 Å². The highest BCUT2D eigenvalue weighted by atomic mass is 32.1. The third-order valence-corrected chi connectivity index (χ3v) is 5.62. The van der Waals surface area contributed by atoms with Crippen molar-refractivity contribution in [3.05, 3.63) is 78.4 Å². The summed E-state index contributed by atoms with van der Waals surface area (Å²) in [5, 5.41) is 13.7. The van der Waals surface area contributed by atoms with E-state index in [1.54, 1.807) is 6.20 Å². The fourth-order valence-corrected chi connectivity index (χ4v) is 4.19. The van der Waals surface area contributed by atoms with Crippen molar-refractivity contribution in [3.63, 3.8) is 0 Å². The van der Waals surface area contributed by atoms with Gasteiger partial charge in [0.25, 0.3) is 0 Å². The lowest BCUT2D eigenvalue weighted by atomic mass is 10.0. The molecular formula is C22H25N5OS. The van der Waals surface area contributed by atoms with Crippen LogP contribution >= 0.6 is 12.2 Å². The highest BCUT2D eigenvalue weighted by Crippen LogP contribution is 2.39. The number of anilines is 1. The van der Waals surface area contributed by atoms with E-state index in [-0.39, 0.29) is 18.7 Å². The van der Waals surface area contributed by atoms with Crippen LogP contribution in [-0.2, 0) is 0 Å². The molecule has 3 aromatic rings. The van der Waals surface area contributed by atoms with E-state index in [0.29, 0.717) is 11.7 Å². The van der Waals surface area contributed by atoms with E-state index in [4.69, 9.17) is 12.2 Å². The Kier molecular flexibility index (Phi) is 5.51. The van der Waals surface area contributed by atoms with Crippen LogP contribution in [0.3, 0.4) is 0 Å². The van der Waals surface area contributed by atoms with Gasteiger partial charge in [-0.3, -0.25) is 4.98 Å². The van der Waals surface area contributed by atoms with E-state index in [1.807, 2.05) is 38.4 Å². The Morgan fingerprint density at radius 2 is 1.90 bits per heavy atom. The molecule has 0 unspecified atom stereocenters. The Bertz CT molecular complexity index is 970. The lowest BCUT2D eigenvalue weighted by molar-refractivity contribution is 0.220. The molecule has 0 amide bonds. The lowest BCUT2D eigenvalue weighted by Crippen LogP contribution is -2.32. The molecule has 2 atom stereocenters. The molecule has 7 heteroatoms. The van der Waals surface area contributed by atoms with Crippen molar-refractivity contribution in [2.45, 2.75) is 12.1 Å². The summed E-state index contributed by atoms with van der Waals surface area (Å²) in [7, 11) is 4.07. The Balaban J connectivity index is 1.76. The molecule has 1 fully saturated rings. The number of hydrogen-bond donors (Lipinski definition) is 2. The number of nitrogens with one attached hydrogen (secondary N) is 1. The monoisotopic (exact) mass is 407 g/mol. The van der Waals surface area contributed by atoms with Gasteiger partial charge in [-0.2, -0.15) is 0 Å². The predicted octanol–water partition coefficient (Wildman–Crippen LogP) is 2.90. The fraction of sp³-hybridized carbons (Fsp3) is 0.273. The van der Waals surface area contributed by atoms with Gasteiger partial charge in [0, 0.05) is 50.1 Å². The average Bonchev–Trinajstić information content (AvgIpc) is 3.34. The number of aliphatic hydroxyl groups excluding tert-OH is 1. The zero-order valence-corrected chi connectivity index (χ0v) is 17.4. The standard InChI is InChI=1S/C22H25N5OS/c1-25(2)16-8-10-17(11-9-16)26-13-5-7-19(26)21-20(18-6-3-4-12-23-18)24-22(29)27(21)14-15-28/h3-13,20-21,28H,14-15H2,1-2H3,(H,24,29)/t20-,21+/m0/s1. The van der Waals surface area contributed by atoms with Crippen molar-refractivity contribution in [1.82, 2.24) is 19.8 Å². The van der Waals surface area contributed by atoms with E-state index in [9.17, 15) is 5.11 Å². The van der Waals surface area contributed by atoms with Crippen LogP contribution in [0.1, 0.15) is 23.5 Å². The Hall–Kier alpha value is -2.90. The largest absolute Gasteiger partial charge is 0.395 e. The lowest BCUT2D eigenvalue weighted by Gasteiger charge is -2.28. The Morgan fingerprint density at radius 3 is 2.55 bits per heavy atom. The van der Waals surface area contributed by atoms with Gasteiger partial charge in [-0.15, -0.1) is 0 Å². The molecule has 0 spiro atoms. The average molecular weight is 408 g/mol. The number of rotatable bonds is 6. The summed E-state index contributed by atoms with van der Waals surface area (Å²) in [5.41, 5.74) is 4.26. The van der Waals surface area contributed by atoms with Gasteiger partial charge >= 0.3 is 0 Å². The molecule has 150 valence electrons. The van der Waals surface area contributed by atoms with Crippen LogP contribution in [0.4, 0.5) is 5.69 Å². The molecule has 1 aliphatic heterocycles. The van der Waals surface area contributed by atoms with Crippen LogP contribution in [0.5, 0.6) is 0 Å². The van der Waals surface area contributed by atoms with Crippen LogP contribution < -0.4 is 10.2 Å². The second kappa shape index (κ2) is 8.23. The number of thiocarbonyl (C=S) groups is 1. The maximum absolute atomic E-state index is 9.63. The number of aliphatic hydroxyl groups is 1. The molecule has 2 N–H and O–H groups in total. The van der Waals surface area contributed by atoms with Crippen molar-refractivity contribution in [3.8, 4) is 5.69 Å². The molecule has 0 radical (unpaired) electrons. The van der Waals surface area contributed by atoms with Gasteiger partial charge < -0.3 is 24.8 Å². The first-order valence-corrected chi connectivity index (χ1v) is 10.0. The molecule has 0 bridgehead atoms. The minimum absolute atomic E-state index is 0.0332. The van der Waals surface area contributed by atoms with Crippen molar-refractivity contribution >= 4 is 23.0 Å². The number of nitrogens with zero attached hydrogens (tertiary/aromatic N) is 4. The van der Waals surface area contributed by atoms with Crippen LogP contribution in [0.2, 0.25) is 0 Å². The Morgan fingerprint density at radius 1 is 1.10 bits per heavy atom. The molecule has 29 heavy (non-hydrogen) atoms. The van der Waals surface area contributed by atoms with Crippen molar-refractivity contribution in [2.24, 2.45) is 0 Å². The van der Waals surface area contributed by atoms with E-state index < -0.39 is 0 Å².